The molecule has 0 aromatic heterocycles. The molecule has 1 saturated carbocycles. The summed E-state index contributed by atoms with van der Waals surface area (Å²) in [5.41, 5.74) is 1.05. The van der Waals surface area contributed by atoms with E-state index in [1.165, 1.54) is 19.3 Å². The van der Waals surface area contributed by atoms with Crippen LogP contribution in [0, 0.1) is 5.92 Å². The molecule has 1 atom stereocenters. The molecule has 80 valence electrons. The van der Waals surface area contributed by atoms with E-state index in [-0.39, 0.29) is 0 Å². The van der Waals surface area contributed by atoms with E-state index in [1.807, 2.05) is 18.2 Å². The fraction of sp³-hybridized carbons (Fsp3) is 0.500. The quantitative estimate of drug-likeness (QED) is 0.789. The number of nitrogens with one attached hydrogen (secondary N) is 1. The zero-order valence-corrected chi connectivity index (χ0v) is 9.26. The number of rotatable bonds is 1. The van der Waals surface area contributed by atoms with Crippen molar-refractivity contribution < 1.29 is 4.74 Å². The van der Waals surface area contributed by atoms with Gasteiger partial charge in [0.2, 0.25) is 0 Å². The Labute approximate surface area is 94.6 Å². The van der Waals surface area contributed by atoms with Crippen molar-refractivity contribution in [2.24, 2.45) is 5.92 Å². The maximum atomic E-state index is 5.96. The minimum atomic E-state index is 0.477. The van der Waals surface area contributed by atoms with Crippen molar-refractivity contribution >= 4 is 17.3 Å². The smallest absolute Gasteiger partial charge is 0.142 e. The molecule has 1 unspecified atom stereocenters. The predicted molar refractivity (Wildman–Crippen MR) is 61.7 cm³/mol. The van der Waals surface area contributed by atoms with Gasteiger partial charge in [0.05, 0.1) is 11.7 Å². The number of ether oxygens (including phenoxy) is 1. The minimum absolute atomic E-state index is 0.477. The first-order valence-corrected chi connectivity index (χ1v) is 5.89. The van der Waals surface area contributed by atoms with E-state index in [2.05, 4.69) is 5.32 Å². The number of halogens is 1. The second-order valence-electron chi connectivity index (χ2n) is 4.39. The molecular formula is C12H14ClNO. The topological polar surface area (TPSA) is 21.3 Å². The van der Waals surface area contributed by atoms with Gasteiger partial charge < -0.3 is 10.1 Å². The van der Waals surface area contributed by atoms with Gasteiger partial charge in [-0.15, -0.1) is 0 Å². The standard InChI is InChI=1S/C12H14ClNO/c13-9-4-5-12-10(6-9)14-11(7-15-12)8-2-1-3-8/h4-6,8,11,14H,1-3,7H2. The highest BCUT2D eigenvalue weighted by Gasteiger charge is 2.30. The Morgan fingerprint density at radius 1 is 1.33 bits per heavy atom. The van der Waals surface area contributed by atoms with Crippen LogP contribution in [0.5, 0.6) is 5.75 Å². The number of benzene rings is 1. The second kappa shape index (κ2) is 3.60. The van der Waals surface area contributed by atoms with Gasteiger partial charge in [0, 0.05) is 5.02 Å². The molecule has 1 aliphatic heterocycles. The average molecular weight is 224 g/mol. The first-order chi connectivity index (χ1) is 7.33. The van der Waals surface area contributed by atoms with Gasteiger partial charge in [0.15, 0.2) is 0 Å². The molecule has 1 aromatic carbocycles. The molecule has 1 heterocycles. The van der Waals surface area contributed by atoms with Gasteiger partial charge in [-0.1, -0.05) is 18.0 Å². The fourth-order valence-electron chi connectivity index (χ4n) is 2.26. The van der Waals surface area contributed by atoms with Gasteiger partial charge in [0.25, 0.3) is 0 Å². The van der Waals surface area contributed by atoms with Crippen molar-refractivity contribution in [1.82, 2.24) is 0 Å². The molecule has 0 amide bonds. The van der Waals surface area contributed by atoms with Crippen LogP contribution in [-0.4, -0.2) is 12.6 Å². The van der Waals surface area contributed by atoms with Crippen LogP contribution in [-0.2, 0) is 0 Å². The number of fused-ring (bicyclic) bond motifs is 1. The Bertz CT molecular complexity index is 376. The summed E-state index contributed by atoms with van der Waals surface area (Å²) < 4.78 is 5.73. The molecular weight excluding hydrogens is 210 g/mol. The molecule has 0 bridgehead atoms. The summed E-state index contributed by atoms with van der Waals surface area (Å²) in [6.07, 6.45) is 4.03. The molecule has 0 radical (unpaired) electrons. The first kappa shape index (κ1) is 9.34. The highest BCUT2D eigenvalue weighted by atomic mass is 35.5. The van der Waals surface area contributed by atoms with Crippen LogP contribution < -0.4 is 10.1 Å². The Morgan fingerprint density at radius 2 is 2.20 bits per heavy atom. The van der Waals surface area contributed by atoms with E-state index in [1.54, 1.807) is 0 Å². The van der Waals surface area contributed by atoms with Gasteiger partial charge in [0.1, 0.15) is 12.4 Å². The molecule has 1 aromatic rings. The van der Waals surface area contributed by atoms with Gasteiger partial charge in [-0.2, -0.15) is 0 Å². The molecule has 1 fully saturated rings. The molecule has 2 nitrogen and oxygen atoms in total. The lowest BCUT2D eigenvalue weighted by Gasteiger charge is -2.37. The zero-order valence-electron chi connectivity index (χ0n) is 8.50. The predicted octanol–water partition coefficient (Wildman–Crippen LogP) is 3.31. The summed E-state index contributed by atoms with van der Waals surface area (Å²) in [4.78, 5) is 0. The summed E-state index contributed by atoms with van der Waals surface area (Å²) in [6, 6.07) is 6.22. The number of hydrogen-bond donors (Lipinski definition) is 1. The molecule has 15 heavy (non-hydrogen) atoms. The monoisotopic (exact) mass is 223 g/mol. The molecule has 1 aliphatic carbocycles. The van der Waals surface area contributed by atoms with Crippen LogP contribution >= 0.6 is 11.6 Å². The first-order valence-electron chi connectivity index (χ1n) is 5.52. The molecule has 3 rings (SSSR count). The third-order valence-corrected chi connectivity index (χ3v) is 3.65. The van der Waals surface area contributed by atoms with Crippen LogP contribution in [0.25, 0.3) is 0 Å². The lowest BCUT2D eigenvalue weighted by Crippen LogP contribution is -2.40. The Hall–Kier alpha value is -0.890. The summed E-state index contributed by atoms with van der Waals surface area (Å²) in [6.45, 7) is 0.791. The van der Waals surface area contributed by atoms with E-state index in [9.17, 15) is 0 Å². The molecule has 0 spiro atoms. The number of hydrogen-bond acceptors (Lipinski definition) is 2. The van der Waals surface area contributed by atoms with E-state index in [0.717, 1.165) is 29.0 Å². The third-order valence-electron chi connectivity index (χ3n) is 3.42. The van der Waals surface area contributed by atoms with E-state index >= 15 is 0 Å². The van der Waals surface area contributed by atoms with E-state index in [4.69, 9.17) is 16.3 Å². The highest BCUT2D eigenvalue weighted by molar-refractivity contribution is 6.30. The van der Waals surface area contributed by atoms with E-state index in [0.29, 0.717) is 6.04 Å². The Morgan fingerprint density at radius 3 is 2.93 bits per heavy atom. The van der Waals surface area contributed by atoms with Crippen LogP contribution in [0.3, 0.4) is 0 Å². The molecule has 3 heteroatoms. The second-order valence-corrected chi connectivity index (χ2v) is 4.83. The molecule has 2 aliphatic rings. The van der Waals surface area contributed by atoms with Crippen molar-refractivity contribution in [3.63, 3.8) is 0 Å². The lowest BCUT2D eigenvalue weighted by molar-refractivity contribution is 0.191. The zero-order chi connectivity index (χ0) is 10.3. The summed E-state index contributed by atoms with van der Waals surface area (Å²) in [7, 11) is 0. The van der Waals surface area contributed by atoms with Crippen molar-refractivity contribution in [1.29, 1.82) is 0 Å². The Kier molecular flexibility index (Phi) is 2.24. The van der Waals surface area contributed by atoms with Gasteiger partial charge >= 0.3 is 0 Å². The summed E-state index contributed by atoms with van der Waals surface area (Å²) >= 11 is 5.96. The highest BCUT2D eigenvalue weighted by Crippen LogP contribution is 2.37. The van der Waals surface area contributed by atoms with Crippen molar-refractivity contribution in [3.8, 4) is 5.75 Å². The normalized spacial score (nSPS) is 24.7. The summed E-state index contributed by atoms with van der Waals surface area (Å²) in [5.74, 6) is 1.71. The number of anilines is 1. The SMILES string of the molecule is Clc1ccc2c(c1)NC(C1CCC1)CO2. The van der Waals surface area contributed by atoms with Crippen molar-refractivity contribution in [2.45, 2.75) is 25.3 Å². The van der Waals surface area contributed by atoms with Crippen molar-refractivity contribution in [3.05, 3.63) is 23.2 Å². The lowest BCUT2D eigenvalue weighted by atomic mass is 9.79. The van der Waals surface area contributed by atoms with Crippen LogP contribution in [0.4, 0.5) is 5.69 Å². The van der Waals surface area contributed by atoms with Crippen LogP contribution in [0.1, 0.15) is 19.3 Å². The summed E-state index contributed by atoms with van der Waals surface area (Å²) in [5, 5.41) is 4.29. The maximum absolute atomic E-state index is 5.96. The maximum Gasteiger partial charge on any atom is 0.142 e. The Balaban J connectivity index is 1.81. The van der Waals surface area contributed by atoms with Gasteiger partial charge in [-0.25, -0.2) is 0 Å². The third kappa shape index (κ3) is 1.67. The van der Waals surface area contributed by atoms with E-state index < -0.39 is 0 Å². The minimum Gasteiger partial charge on any atom is -0.489 e. The average Bonchev–Trinajstić information content (AvgIpc) is 2.14. The molecule has 1 N–H and O–H groups in total. The molecule has 0 saturated heterocycles. The van der Waals surface area contributed by atoms with Crippen molar-refractivity contribution in [2.75, 3.05) is 11.9 Å². The van der Waals surface area contributed by atoms with Gasteiger partial charge in [-0.05, 0) is 37.0 Å². The fourth-order valence-corrected chi connectivity index (χ4v) is 2.43. The van der Waals surface area contributed by atoms with Crippen LogP contribution in [0.15, 0.2) is 18.2 Å². The largest absolute Gasteiger partial charge is 0.489 e. The van der Waals surface area contributed by atoms with Gasteiger partial charge in [-0.3, -0.25) is 0 Å². The van der Waals surface area contributed by atoms with Crippen LogP contribution in [0.2, 0.25) is 5.02 Å².